The monoisotopic (exact) mass is 390 g/mol. The van der Waals surface area contributed by atoms with E-state index in [0.29, 0.717) is 11.5 Å². The fraction of sp³-hybridized carbons (Fsp3) is 0.308. The van der Waals surface area contributed by atoms with Crippen LogP contribution < -0.4 is 4.74 Å². The molecule has 0 aromatic heterocycles. The molecule has 3 nitrogen and oxygen atoms in total. The summed E-state index contributed by atoms with van der Waals surface area (Å²) in [5, 5.41) is 20.7. The molecule has 29 heavy (non-hydrogen) atoms. The normalized spacial score (nSPS) is 11.2. The van der Waals surface area contributed by atoms with E-state index in [1.165, 1.54) is 11.1 Å². The lowest BCUT2D eigenvalue weighted by Gasteiger charge is -2.28. The number of aromatic hydroxyl groups is 2. The first-order valence-corrected chi connectivity index (χ1v) is 9.90. The summed E-state index contributed by atoms with van der Waals surface area (Å²) in [5.74, 6) is 1.46. The molecule has 0 fully saturated rings. The van der Waals surface area contributed by atoms with Gasteiger partial charge in [0.15, 0.2) is 0 Å². The van der Waals surface area contributed by atoms with Crippen molar-refractivity contribution in [3.05, 3.63) is 86.5 Å². The fourth-order valence-corrected chi connectivity index (χ4v) is 4.32. The second-order valence-electron chi connectivity index (χ2n) is 7.96. The third-order valence-electron chi connectivity index (χ3n) is 6.28. The van der Waals surface area contributed by atoms with Gasteiger partial charge in [0.05, 0.1) is 7.11 Å². The highest BCUT2D eigenvalue weighted by molar-refractivity contribution is 5.60. The quantitative estimate of drug-likeness (QED) is 0.526. The first-order valence-electron chi connectivity index (χ1n) is 9.90. The van der Waals surface area contributed by atoms with E-state index in [0.717, 1.165) is 44.7 Å². The molecular formula is C26H30O3. The van der Waals surface area contributed by atoms with E-state index in [1.54, 1.807) is 7.11 Å². The number of phenolic OH excluding ortho intramolecular Hbond substituents is 2. The molecule has 0 saturated heterocycles. The Morgan fingerprint density at radius 3 is 1.45 bits per heavy atom. The lowest BCUT2D eigenvalue weighted by Crippen LogP contribution is -2.12. The average molecular weight is 391 g/mol. The lowest BCUT2D eigenvalue weighted by molar-refractivity contribution is 0.414. The van der Waals surface area contributed by atoms with E-state index in [1.807, 2.05) is 38.1 Å². The van der Waals surface area contributed by atoms with Gasteiger partial charge in [-0.3, -0.25) is 0 Å². The Morgan fingerprint density at radius 2 is 1.07 bits per heavy atom. The molecule has 0 aliphatic heterocycles. The standard InChI is InChI=1S/C26H30O3/c1-14-12-22(27)16(3)18(5)24(14)26(20-8-10-21(29-7)11-9-20)25-15(2)13-23(28)17(4)19(25)6/h8-13,26-28H,1-7H3. The molecule has 3 aromatic carbocycles. The molecule has 0 spiro atoms. The largest absolute Gasteiger partial charge is 0.508 e. The molecule has 0 heterocycles. The summed E-state index contributed by atoms with van der Waals surface area (Å²) in [6.45, 7) is 12.2. The van der Waals surface area contributed by atoms with Gasteiger partial charge in [0.25, 0.3) is 0 Å². The van der Waals surface area contributed by atoms with Gasteiger partial charge in [-0.25, -0.2) is 0 Å². The fourth-order valence-electron chi connectivity index (χ4n) is 4.32. The van der Waals surface area contributed by atoms with Crippen molar-refractivity contribution < 1.29 is 14.9 Å². The summed E-state index contributed by atoms with van der Waals surface area (Å²) in [6.07, 6.45) is 0. The van der Waals surface area contributed by atoms with Crippen molar-refractivity contribution in [3.63, 3.8) is 0 Å². The predicted molar refractivity (Wildman–Crippen MR) is 119 cm³/mol. The number of aryl methyl sites for hydroxylation is 2. The molecular weight excluding hydrogens is 360 g/mol. The van der Waals surface area contributed by atoms with E-state index in [2.05, 4.69) is 39.8 Å². The van der Waals surface area contributed by atoms with Crippen LogP contribution >= 0.6 is 0 Å². The van der Waals surface area contributed by atoms with Gasteiger partial charge >= 0.3 is 0 Å². The zero-order valence-electron chi connectivity index (χ0n) is 18.3. The smallest absolute Gasteiger partial charge is 0.119 e. The van der Waals surface area contributed by atoms with Gasteiger partial charge in [-0.05, 0) is 116 Å². The Balaban J connectivity index is 2.39. The highest BCUT2D eigenvalue weighted by atomic mass is 16.5. The van der Waals surface area contributed by atoms with Gasteiger partial charge in [-0.2, -0.15) is 0 Å². The van der Waals surface area contributed by atoms with Gasteiger partial charge in [0.2, 0.25) is 0 Å². The predicted octanol–water partition coefficient (Wildman–Crippen LogP) is 6.14. The van der Waals surface area contributed by atoms with E-state index in [-0.39, 0.29) is 5.92 Å². The summed E-state index contributed by atoms with van der Waals surface area (Å²) >= 11 is 0. The summed E-state index contributed by atoms with van der Waals surface area (Å²) in [6, 6.07) is 11.9. The van der Waals surface area contributed by atoms with E-state index >= 15 is 0 Å². The molecule has 0 saturated carbocycles. The van der Waals surface area contributed by atoms with Crippen LogP contribution in [0.15, 0.2) is 36.4 Å². The van der Waals surface area contributed by atoms with E-state index in [4.69, 9.17) is 4.74 Å². The van der Waals surface area contributed by atoms with Crippen LogP contribution in [0.5, 0.6) is 17.2 Å². The summed E-state index contributed by atoms with van der Waals surface area (Å²) in [4.78, 5) is 0. The maximum Gasteiger partial charge on any atom is 0.119 e. The molecule has 2 N–H and O–H groups in total. The van der Waals surface area contributed by atoms with Crippen LogP contribution in [-0.4, -0.2) is 17.3 Å². The van der Waals surface area contributed by atoms with Gasteiger partial charge < -0.3 is 14.9 Å². The molecule has 3 rings (SSSR count). The lowest BCUT2D eigenvalue weighted by atomic mass is 9.76. The maximum atomic E-state index is 10.3. The van der Waals surface area contributed by atoms with Crippen LogP contribution in [0.1, 0.15) is 56.0 Å². The minimum atomic E-state index is -0.0143. The van der Waals surface area contributed by atoms with Crippen molar-refractivity contribution in [2.75, 3.05) is 7.11 Å². The molecule has 0 amide bonds. The number of ether oxygens (including phenoxy) is 1. The second kappa shape index (κ2) is 7.82. The Labute approximate surface area is 173 Å². The Morgan fingerprint density at radius 1 is 0.655 bits per heavy atom. The number of phenols is 2. The van der Waals surface area contributed by atoms with Gasteiger partial charge in [0.1, 0.15) is 17.2 Å². The number of benzene rings is 3. The van der Waals surface area contributed by atoms with E-state index in [9.17, 15) is 10.2 Å². The molecule has 0 unspecified atom stereocenters. The third-order valence-corrected chi connectivity index (χ3v) is 6.28. The highest BCUT2D eigenvalue weighted by Crippen LogP contribution is 2.43. The van der Waals surface area contributed by atoms with Crippen LogP contribution in [-0.2, 0) is 0 Å². The van der Waals surface area contributed by atoms with Crippen LogP contribution in [0.2, 0.25) is 0 Å². The van der Waals surface area contributed by atoms with Crippen molar-refractivity contribution in [1.82, 2.24) is 0 Å². The third kappa shape index (κ3) is 3.57. The first-order chi connectivity index (χ1) is 13.7. The molecule has 0 aliphatic rings. The highest BCUT2D eigenvalue weighted by Gasteiger charge is 2.26. The van der Waals surface area contributed by atoms with Crippen LogP contribution in [0.25, 0.3) is 0 Å². The van der Waals surface area contributed by atoms with Crippen LogP contribution in [0.3, 0.4) is 0 Å². The van der Waals surface area contributed by atoms with Crippen molar-refractivity contribution in [1.29, 1.82) is 0 Å². The first kappa shape index (κ1) is 20.8. The molecule has 3 aromatic rings. The number of hydrogen-bond acceptors (Lipinski definition) is 3. The minimum absolute atomic E-state index is 0.0143. The second-order valence-corrected chi connectivity index (χ2v) is 7.96. The van der Waals surface area contributed by atoms with Crippen molar-refractivity contribution in [2.24, 2.45) is 0 Å². The number of rotatable bonds is 4. The average Bonchev–Trinajstić information content (AvgIpc) is 2.69. The summed E-state index contributed by atoms with van der Waals surface area (Å²) in [5.41, 5.74) is 9.62. The van der Waals surface area contributed by atoms with E-state index < -0.39 is 0 Å². The Hall–Kier alpha value is -2.94. The van der Waals surface area contributed by atoms with Gasteiger partial charge in [-0.15, -0.1) is 0 Å². The SMILES string of the molecule is COc1ccc(C(c2c(C)cc(O)c(C)c2C)c2c(C)cc(O)c(C)c2C)cc1. The zero-order chi connectivity index (χ0) is 21.5. The van der Waals surface area contributed by atoms with Crippen molar-refractivity contribution in [2.45, 2.75) is 47.5 Å². The van der Waals surface area contributed by atoms with Gasteiger partial charge in [-0.1, -0.05) is 12.1 Å². The molecule has 152 valence electrons. The minimum Gasteiger partial charge on any atom is -0.508 e. The summed E-state index contributed by atoms with van der Waals surface area (Å²) < 4.78 is 5.36. The zero-order valence-corrected chi connectivity index (χ0v) is 18.3. The van der Waals surface area contributed by atoms with Crippen molar-refractivity contribution >= 4 is 0 Å². The Kier molecular flexibility index (Phi) is 5.61. The summed E-state index contributed by atoms with van der Waals surface area (Å²) in [7, 11) is 1.67. The molecule has 0 atom stereocenters. The number of hydrogen-bond donors (Lipinski definition) is 2. The van der Waals surface area contributed by atoms with Crippen LogP contribution in [0.4, 0.5) is 0 Å². The maximum absolute atomic E-state index is 10.3. The molecule has 0 radical (unpaired) electrons. The van der Waals surface area contributed by atoms with Crippen LogP contribution in [0, 0.1) is 41.5 Å². The molecule has 3 heteroatoms. The van der Waals surface area contributed by atoms with Gasteiger partial charge in [0, 0.05) is 5.92 Å². The van der Waals surface area contributed by atoms with Crippen molar-refractivity contribution in [3.8, 4) is 17.2 Å². The molecule has 0 aliphatic carbocycles. The molecule has 0 bridgehead atoms. The Bertz CT molecular complexity index is 999. The topological polar surface area (TPSA) is 49.7 Å². The number of methoxy groups -OCH3 is 1.